The molecule has 39 heavy (non-hydrogen) atoms. The second-order valence-corrected chi connectivity index (χ2v) is 9.87. The van der Waals surface area contributed by atoms with Crippen molar-refractivity contribution in [3.63, 3.8) is 0 Å². The molecule has 1 aliphatic heterocycles. The van der Waals surface area contributed by atoms with Gasteiger partial charge in [0.05, 0.1) is 45.2 Å². The van der Waals surface area contributed by atoms with Crippen molar-refractivity contribution in [2.45, 2.75) is 50.8 Å². The fourth-order valence-corrected chi connectivity index (χ4v) is 4.85. The number of nitrogens with one attached hydrogen (secondary N) is 1. The van der Waals surface area contributed by atoms with Crippen LogP contribution in [0.1, 0.15) is 22.3 Å². The third-order valence-electron chi connectivity index (χ3n) is 6.95. The van der Waals surface area contributed by atoms with Crippen LogP contribution in [0.4, 0.5) is 0 Å². The van der Waals surface area contributed by atoms with Gasteiger partial charge in [-0.1, -0.05) is 121 Å². The first-order valence-corrected chi connectivity index (χ1v) is 13.7. The van der Waals surface area contributed by atoms with Gasteiger partial charge in [0.2, 0.25) is 0 Å². The third-order valence-corrected chi connectivity index (χ3v) is 6.95. The zero-order valence-electron chi connectivity index (χ0n) is 22.2. The summed E-state index contributed by atoms with van der Waals surface area (Å²) < 4.78 is 25.9. The van der Waals surface area contributed by atoms with E-state index in [9.17, 15) is 0 Å². The van der Waals surface area contributed by atoms with Gasteiger partial charge in [0.15, 0.2) is 0 Å². The first-order valence-electron chi connectivity index (χ1n) is 13.7. The molecular weight excluding hydrogens is 486 g/mol. The number of hydrogen-bond acceptors (Lipinski definition) is 5. The fourth-order valence-electron chi connectivity index (χ4n) is 4.85. The minimum absolute atomic E-state index is 0.0465. The van der Waals surface area contributed by atoms with E-state index in [0.717, 1.165) is 22.3 Å². The molecule has 4 atom stereocenters. The SMILES string of the molecule is c1ccc(COC[C@@H]2NC[C@@H](OCc3ccccc3)[C@H](OCc3ccccc3)[C@H]2OCc2ccccc2)cc1. The summed E-state index contributed by atoms with van der Waals surface area (Å²) in [6.45, 7) is 3.19. The Morgan fingerprint density at radius 3 is 1.38 bits per heavy atom. The van der Waals surface area contributed by atoms with Crippen LogP contribution in [0.3, 0.4) is 0 Å². The molecule has 5 nitrogen and oxygen atoms in total. The molecule has 0 aromatic heterocycles. The van der Waals surface area contributed by atoms with Crippen LogP contribution in [0.25, 0.3) is 0 Å². The van der Waals surface area contributed by atoms with Crippen molar-refractivity contribution in [2.75, 3.05) is 13.2 Å². The predicted molar refractivity (Wildman–Crippen MR) is 153 cm³/mol. The van der Waals surface area contributed by atoms with Gasteiger partial charge in [0.1, 0.15) is 12.2 Å². The Kier molecular flexibility index (Phi) is 10.3. The van der Waals surface area contributed by atoms with E-state index in [4.69, 9.17) is 18.9 Å². The van der Waals surface area contributed by atoms with Crippen LogP contribution >= 0.6 is 0 Å². The molecule has 5 heteroatoms. The quantitative estimate of drug-likeness (QED) is 0.235. The zero-order chi connectivity index (χ0) is 26.5. The first kappa shape index (κ1) is 27.3. The van der Waals surface area contributed by atoms with Gasteiger partial charge in [-0.05, 0) is 22.3 Å². The summed E-state index contributed by atoms with van der Waals surface area (Å²) >= 11 is 0. The molecule has 0 bridgehead atoms. The molecule has 1 heterocycles. The minimum Gasteiger partial charge on any atom is -0.375 e. The van der Waals surface area contributed by atoms with E-state index in [2.05, 4.69) is 53.8 Å². The first-order chi connectivity index (χ1) is 19.3. The highest BCUT2D eigenvalue weighted by Gasteiger charge is 2.42. The van der Waals surface area contributed by atoms with Crippen LogP contribution in [-0.4, -0.2) is 37.5 Å². The summed E-state index contributed by atoms with van der Waals surface area (Å²) in [5.74, 6) is 0. The summed E-state index contributed by atoms with van der Waals surface area (Å²) in [6.07, 6.45) is -0.719. The van der Waals surface area contributed by atoms with Gasteiger partial charge in [-0.25, -0.2) is 0 Å². The highest BCUT2D eigenvalue weighted by Crippen LogP contribution is 2.24. The zero-order valence-corrected chi connectivity index (χ0v) is 22.2. The van der Waals surface area contributed by atoms with Crippen molar-refractivity contribution < 1.29 is 18.9 Å². The summed E-state index contributed by atoms with van der Waals surface area (Å²) in [6, 6.07) is 41.0. The second-order valence-electron chi connectivity index (χ2n) is 9.87. The van der Waals surface area contributed by atoms with Gasteiger partial charge >= 0.3 is 0 Å². The number of rotatable bonds is 13. The van der Waals surface area contributed by atoms with E-state index in [1.807, 2.05) is 72.8 Å². The number of ether oxygens (including phenoxy) is 4. The Hall–Kier alpha value is -3.32. The second kappa shape index (κ2) is 14.7. The summed E-state index contributed by atoms with van der Waals surface area (Å²) in [4.78, 5) is 0. The minimum atomic E-state index is -0.274. The molecule has 0 spiro atoms. The van der Waals surface area contributed by atoms with Crippen LogP contribution in [0, 0.1) is 0 Å². The third kappa shape index (κ3) is 8.33. The maximum absolute atomic E-state index is 6.62. The van der Waals surface area contributed by atoms with Gasteiger partial charge in [0.25, 0.3) is 0 Å². The Morgan fingerprint density at radius 2 is 0.897 bits per heavy atom. The molecule has 1 fully saturated rings. The molecule has 0 unspecified atom stereocenters. The van der Waals surface area contributed by atoms with Gasteiger partial charge in [0, 0.05) is 6.54 Å². The maximum atomic E-state index is 6.62. The van der Waals surface area contributed by atoms with E-state index >= 15 is 0 Å². The van der Waals surface area contributed by atoms with E-state index in [1.165, 1.54) is 0 Å². The van der Waals surface area contributed by atoms with Crippen molar-refractivity contribution in [2.24, 2.45) is 0 Å². The lowest BCUT2D eigenvalue weighted by molar-refractivity contribution is -0.181. The molecule has 1 aliphatic rings. The van der Waals surface area contributed by atoms with Crippen LogP contribution in [0.5, 0.6) is 0 Å². The fraction of sp³-hybridized carbons (Fsp3) is 0.294. The lowest BCUT2D eigenvalue weighted by Crippen LogP contribution is -2.63. The molecule has 4 aromatic carbocycles. The smallest absolute Gasteiger partial charge is 0.113 e. The van der Waals surface area contributed by atoms with Crippen LogP contribution in [0.2, 0.25) is 0 Å². The van der Waals surface area contributed by atoms with Crippen molar-refractivity contribution in [1.29, 1.82) is 0 Å². The Labute approximate surface area is 231 Å². The topological polar surface area (TPSA) is 49.0 Å². The van der Waals surface area contributed by atoms with E-state index in [-0.39, 0.29) is 24.4 Å². The van der Waals surface area contributed by atoms with Gasteiger partial charge in [-0.15, -0.1) is 0 Å². The molecule has 5 rings (SSSR count). The monoisotopic (exact) mass is 523 g/mol. The van der Waals surface area contributed by atoms with E-state index in [1.54, 1.807) is 0 Å². The highest BCUT2D eigenvalue weighted by molar-refractivity contribution is 5.16. The Bertz CT molecular complexity index is 1210. The van der Waals surface area contributed by atoms with E-state index in [0.29, 0.717) is 39.6 Å². The highest BCUT2D eigenvalue weighted by atomic mass is 16.6. The molecule has 0 aliphatic carbocycles. The Balaban J connectivity index is 1.32. The lowest BCUT2D eigenvalue weighted by atomic mass is 9.95. The number of hydrogen-bond donors (Lipinski definition) is 1. The van der Waals surface area contributed by atoms with Crippen LogP contribution < -0.4 is 5.32 Å². The number of benzene rings is 4. The van der Waals surface area contributed by atoms with Crippen molar-refractivity contribution in [3.05, 3.63) is 144 Å². The Morgan fingerprint density at radius 1 is 0.487 bits per heavy atom. The molecular formula is C34H37NO4. The average molecular weight is 524 g/mol. The van der Waals surface area contributed by atoms with Gasteiger partial charge < -0.3 is 24.3 Å². The summed E-state index contributed by atoms with van der Waals surface area (Å²) in [7, 11) is 0. The predicted octanol–water partition coefficient (Wildman–Crippen LogP) is 5.93. The lowest BCUT2D eigenvalue weighted by Gasteiger charge is -2.43. The molecule has 0 radical (unpaired) electrons. The maximum Gasteiger partial charge on any atom is 0.113 e. The summed E-state index contributed by atoms with van der Waals surface area (Å²) in [5.41, 5.74) is 4.53. The number of piperidine rings is 1. The van der Waals surface area contributed by atoms with E-state index < -0.39 is 0 Å². The molecule has 0 amide bonds. The van der Waals surface area contributed by atoms with Crippen molar-refractivity contribution in [1.82, 2.24) is 5.32 Å². The summed E-state index contributed by atoms with van der Waals surface area (Å²) in [5, 5.41) is 3.65. The molecule has 1 N–H and O–H groups in total. The molecule has 1 saturated heterocycles. The normalized spacial score (nSPS) is 21.0. The molecule has 4 aromatic rings. The van der Waals surface area contributed by atoms with Crippen LogP contribution in [0.15, 0.2) is 121 Å². The molecule has 0 saturated carbocycles. The van der Waals surface area contributed by atoms with Gasteiger partial charge in [-0.3, -0.25) is 0 Å². The largest absolute Gasteiger partial charge is 0.375 e. The van der Waals surface area contributed by atoms with Crippen molar-refractivity contribution >= 4 is 0 Å². The standard InChI is InChI=1S/C34H37NO4/c1-5-13-27(14-6-1)22-36-26-31-33(38-24-29-17-9-3-10-18-29)34(39-25-30-19-11-4-12-20-30)32(21-35-31)37-23-28-15-7-2-8-16-28/h1-20,31-35H,21-26H2/t31-,32+,33-,34-/m0/s1. The molecule has 202 valence electrons. The average Bonchev–Trinajstić information content (AvgIpc) is 3.00. The van der Waals surface area contributed by atoms with Crippen molar-refractivity contribution in [3.8, 4) is 0 Å². The van der Waals surface area contributed by atoms with Crippen LogP contribution in [-0.2, 0) is 45.4 Å². The van der Waals surface area contributed by atoms with Gasteiger partial charge in [-0.2, -0.15) is 0 Å².